The molecule has 5 rings (SSSR count). The van der Waals surface area contributed by atoms with E-state index in [1.54, 1.807) is 51.2 Å². The summed E-state index contributed by atoms with van der Waals surface area (Å²) in [6.07, 6.45) is 0.438. The van der Waals surface area contributed by atoms with Crippen molar-refractivity contribution >= 4 is 40.6 Å². The average molecular weight is 761 g/mol. The first-order chi connectivity index (χ1) is 26.8. The number of carbonyl (C=O) groups excluding carboxylic acids is 5. The van der Waals surface area contributed by atoms with Crippen molar-refractivity contribution in [2.45, 2.75) is 76.9 Å². The molecule has 1 heterocycles. The van der Waals surface area contributed by atoms with Gasteiger partial charge in [-0.1, -0.05) is 91.0 Å². The lowest BCUT2D eigenvalue weighted by atomic mass is 10.0. The highest BCUT2D eigenvalue weighted by molar-refractivity contribution is 5.96. The molecular weight excluding hydrogens is 713 g/mol. The highest BCUT2D eigenvalue weighted by Crippen LogP contribution is 2.20. The number of amides is 5. The molecule has 0 aliphatic carbocycles. The Labute approximate surface area is 325 Å². The fourth-order valence-corrected chi connectivity index (χ4v) is 5.95. The van der Waals surface area contributed by atoms with Crippen molar-refractivity contribution < 1.29 is 33.4 Å². The smallest absolute Gasteiger partial charge is 0.408 e. The van der Waals surface area contributed by atoms with Gasteiger partial charge in [0.25, 0.3) is 0 Å². The van der Waals surface area contributed by atoms with E-state index in [1.807, 2.05) is 84.9 Å². The van der Waals surface area contributed by atoms with Gasteiger partial charge in [-0.25, -0.2) is 4.79 Å². The lowest BCUT2D eigenvalue weighted by Gasteiger charge is -2.26. The third-order valence-corrected chi connectivity index (χ3v) is 8.70. The van der Waals surface area contributed by atoms with E-state index in [9.17, 15) is 24.0 Å². The molecule has 0 saturated carbocycles. The highest BCUT2D eigenvalue weighted by atomic mass is 16.6. The Balaban J connectivity index is 1.33. The zero-order valence-electron chi connectivity index (χ0n) is 31.7. The molecule has 292 valence electrons. The van der Waals surface area contributed by atoms with Crippen LogP contribution in [0.15, 0.2) is 115 Å². The van der Waals surface area contributed by atoms with Gasteiger partial charge in [0.2, 0.25) is 23.6 Å². The van der Waals surface area contributed by atoms with Crippen LogP contribution in [0.4, 0.5) is 4.79 Å². The van der Waals surface area contributed by atoms with Gasteiger partial charge in [-0.2, -0.15) is 0 Å². The Morgan fingerprint density at radius 3 is 1.91 bits per heavy atom. The Bertz CT molecular complexity index is 2100. The second-order valence-electron chi connectivity index (χ2n) is 14.4. The molecule has 1 aromatic heterocycles. The van der Waals surface area contributed by atoms with Gasteiger partial charge in [0.15, 0.2) is 0 Å². The van der Waals surface area contributed by atoms with Gasteiger partial charge in [-0.15, -0.1) is 0 Å². The molecule has 0 aliphatic heterocycles. The van der Waals surface area contributed by atoms with Gasteiger partial charge in [0, 0.05) is 36.5 Å². The first-order valence-electron chi connectivity index (χ1n) is 18.3. The molecule has 0 spiro atoms. The van der Waals surface area contributed by atoms with E-state index in [2.05, 4.69) is 26.3 Å². The Kier molecular flexibility index (Phi) is 13.8. The van der Waals surface area contributed by atoms with Crippen LogP contribution in [0.25, 0.3) is 10.9 Å². The summed E-state index contributed by atoms with van der Waals surface area (Å²) in [6.45, 7) is 5.63. The van der Waals surface area contributed by atoms with E-state index >= 15 is 0 Å². The predicted octanol–water partition coefficient (Wildman–Crippen LogP) is 4.59. The van der Waals surface area contributed by atoms with Crippen molar-refractivity contribution in [1.82, 2.24) is 26.3 Å². The number of H-pyrrole nitrogens is 1. The monoisotopic (exact) mass is 760 g/mol. The zero-order chi connectivity index (χ0) is 40.1. The molecule has 4 aromatic carbocycles. The second-order valence-corrected chi connectivity index (χ2v) is 14.4. The number of rotatable bonds is 17. The first kappa shape index (κ1) is 40.6. The molecule has 1 unspecified atom stereocenters. The summed E-state index contributed by atoms with van der Waals surface area (Å²) >= 11 is 0. The first-order valence-corrected chi connectivity index (χ1v) is 18.3. The molecule has 13 heteroatoms. The lowest BCUT2D eigenvalue weighted by Crippen LogP contribution is -2.58. The van der Waals surface area contributed by atoms with Crippen molar-refractivity contribution in [1.29, 1.82) is 0 Å². The molecule has 0 radical (unpaired) electrons. The number of benzene rings is 4. The van der Waals surface area contributed by atoms with Crippen LogP contribution in [0.5, 0.6) is 5.75 Å². The van der Waals surface area contributed by atoms with Gasteiger partial charge >= 0.3 is 6.09 Å². The van der Waals surface area contributed by atoms with Crippen LogP contribution in [-0.2, 0) is 49.9 Å². The summed E-state index contributed by atoms with van der Waals surface area (Å²) in [5, 5.41) is 11.7. The number of carbonyl (C=O) groups is 5. The number of ether oxygens (including phenoxy) is 2. The Hall–Kier alpha value is -6.63. The van der Waals surface area contributed by atoms with Crippen molar-refractivity contribution in [3.05, 3.63) is 138 Å². The topological polar surface area (TPSA) is 194 Å². The van der Waals surface area contributed by atoms with E-state index in [0.29, 0.717) is 17.9 Å². The normalized spacial score (nSPS) is 12.8. The van der Waals surface area contributed by atoms with Gasteiger partial charge in [-0.05, 0) is 61.2 Å². The lowest BCUT2D eigenvalue weighted by molar-refractivity contribution is -0.134. The van der Waals surface area contributed by atoms with Gasteiger partial charge < -0.3 is 41.5 Å². The maximum atomic E-state index is 13.9. The summed E-state index contributed by atoms with van der Waals surface area (Å²) < 4.78 is 11.3. The Morgan fingerprint density at radius 2 is 1.25 bits per heavy atom. The number of primary amides is 1. The third-order valence-electron chi connectivity index (χ3n) is 8.70. The second kappa shape index (κ2) is 19.1. The van der Waals surface area contributed by atoms with Crippen LogP contribution < -0.4 is 31.7 Å². The van der Waals surface area contributed by atoms with Crippen molar-refractivity contribution in [2.24, 2.45) is 5.73 Å². The van der Waals surface area contributed by atoms with E-state index < -0.39 is 59.9 Å². The molecule has 5 amide bonds. The summed E-state index contributed by atoms with van der Waals surface area (Å²) in [5.74, 6) is -2.32. The molecule has 0 saturated heterocycles. The zero-order valence-corrected chi connectivity index (χ0v) is 31.7. The summed E-state index contributed by atoms with van der Waals surface area (Å²) in [4.78, 5) is 69.9. The number of aromatic amines is 1. The predicted molar refractivity (Wildman–Crippen MR) is 212 cm³/mol. The molecule has 0 aliphatic rings. The number of hydrogen-bond acceptors (Lipinski definition) is 7. The van der Waals surface area contributed by atoms with E-state index in [1.165, 1.54) is 0 Å². The number of para-hydroxylation sites is 1. The Morgan fingerprint density at radius 1 is 0.661 bits per heavy atom. The molecule has 7 N–H and O–H groups in total. The van der Waals surface area contributed by atoms with Crippen molar-refractivity contribution in [3.8, 4) is 5.75 Å². The molecule has 13 nitrogen and oxygen atoms in total. The maximum absolute atomic E-state index is 13.9. The number of hydrogen-bond donors (Lipinski definition) is 6. The molecule has 0 fully saturated rings. The number of fused-ring (bicyclic) bond motifs is 1. The van der Waals surface area contributed by atoms with Gasteiger partial charge in [-0.3, -0.25) is 19.2 Å². The highest BCUT2D eigenvalue weighted by Gasteiger charge is 2.32. The number of nitrogens with two attached hydrogens (primary N) is 1. The van der Waals surface area contributed by atoms with Gasteiger partial charge in [0.05, 0.1) is 6.42 Å². The third kappa shape index (κ3) is 12.5. The number of aromatic nitrogens is 1. The van der Waals surface area contributed by atoms with Crippen LogP contribution in [0.1, 0.15) is 49.4 Å². The maximum Gasteiger partial charge on any atom is 0.408 e. The fraction of sp³-hybridized carbons (Fsp3) is 0.279. The minimum absolute atomic E-state index is 0.0000323. The molecular formula is C43H48N6O7. The SMILES string of the molecule is CC(C)(C)OC(=O)N[C@@H](Cc1ccc(OCc2ccccc2)cc1)C(=O)NC(CC(N)=O)C(=O)N[C@@H](Cc1c[nH]c2ccccc12)C(=O)NCc1ccccc1. The quantitative estimate of drug-likeness (QED) is 0.0798. The molecule has 56 heavy (non-hydrogen) atoms. The number of alkyl carbamates (subject to hydrolysis) is 1. The van der Waals surface area contributed by atoms with Crippen LogP contribution in [0.3, 0.4) is 0 Å². The molecule has 3 atom stereocenters. The van der Waals surface area contributed by atoms with Crippen LogP contribution in [0.2, 0.25) is 0 Å². The summed E-state index contributed by atoms with van der Waals surface area (Å²) in [7, 11) is 0. The molecule has 0 bridgehead atoms. The molecule has 5 aromatic rings. The summed E-state index contributed by atoms with van der Waals surface area (Å²) in [5.41, 5.74) is 8.84. The standard InChI is InChI=1S/C43H48N6O7/c1-43(2,3)56-42(54)49-35(22-28-18-20-32(21-19-28)55-27-30-14-8-5-9-15-30)40(52)48-37(24-38(44)50)41(53)47-36(39(51)46-25-29-12-6-4-7-13-29)23-31-26-45-34-17-11-10-16-33(31)34/h4-21,26,35-37,45H,22-25,27H2,1-3H3,(H2,44,50)(H,46,51)(H,47,53)(H,48,52)(H,49,54)/t35-,36-,37?/m0/s1. The van der Waals surface area contributed by atoms with E-state index in [-0.39, 0.29) is 19.4 Å². The van der Waals surface area contributed by atoms with Crippen LogP contribution in [-0.4, -0.2) is 58.4 Å². The van der Waals surface area contributed by atoms with Crippen molar-refractivity contribution in [2.75, 3.05) is 0 Å². The summed E-state index contributed by atoms with van der Waals surface area (Å²) in [6, 6.07) is 29.7. The van der Waals surface area contributed by atoms with Gasteiger partial charge in [0.1, 0.15) is 36.1 Å². The minimum atomic E-state index is -1.48. The van der Waals surface area contributed by atoms with Crippen LogP contribution >= 0.6 is 0 Å². The van der Waals surface area contributed by atoms with Crippen molar-refractivity contribution in [3.63, 3.8) is 0 Å². The average Bonchev–Trinajstić information content (AvgIpc) is 3.58. The van der Waals surface area contributed by atoms with E-state index in [4.69, 9.17) is 15.2 Å². The number of nitrogens with one attached hydrogen (secondary N) is 5. The fourth-order valence-electron chi connectivity index (χ4n) is 5.95. The largest absolute Gasteiger partial charge is 0.489 e. The van der Waals surface area contributed by atoms with E-state index in [0.717, 1.165) is 27.6 Å². The minimum Gasteiger partial charge on any atom is -0.489 e. The van der Waals surface area contributed by atoms with Crippen LogP contribution in [0, 0.1) is 0 Å².